The molecule has 1 heterocycles. The van der Waals surface area contributed by atoms with E-state index in [0.29, 0.717) is 12.1 Å². The maximum absolute atomic E-state index is 9.32. The van der Waals surface area contributed by atoms with Crippen molar-refractivity contribution in [3.8, 4) is 0 Å². The molecule has 1 aromatic carbocycles. The minimum Gasteiger partial charge on any atom is -0.396 e. The lowest BCUT2D eigenvalue weighted by Gasteiger charge is -2.37. The van der Waals surface area contributed by atoms with Crippen molar-refractivity contribution in [3.05, 3.63) is 29.3 Å². The summed E-state index contributed by atoms with van der Waals surface area (Å²) in [5.74, 6) is 0. The molecule has 2 atom stereocenters. The number of nitrogens with one attached hydrogen (secondary N) is 1. The summed E-state index contributed by atoms with van der Waals surface area (Å²) in [5.41, 5.74) is 3.96. The molecule has 3 nitrogen and oxygen atoms in total. The highest BCUT2D eigenvalue weighted by atomic mass is 16.3. The molecule has 1 saturated heterocycles. The topological polar surface area (TPSA) is 35.5 Å². The Hall–Kier alpha value is -1.06. The Balaban J connectivity index is 2.34. The largest absolute Gasteiger partial charge is 0.396 e. The molecule has 19 heavy (non-hydrogen) atoms. The van der Waals surface area contributed by atoms with Crippen LogP contribution < -0.4 is 10.2 Å². The number of rotatable bonds is 3. The van der Waals surface area contributed by atoms with E-state index in [1.54, 1.807) is 0 Å². The average Bonchev–Trinajstić information content (AvgIpc) is 2.53. The standard InChI is InChI=1S/C16H26N2O/c1-12-4-5-16(13(2)10-12)18-14(3)6-8-17-11-15(18)7-9-19/h4-5,10,14-15,17,19H,6-9,11H2,1-3H3. The van der Waals surface area contributed by atoms with Crippen LogP contribution in [0.5, 0.6) is 0 Å². The van der Waals surface area contributed by atoms with Crippen LogP contribution in [-0.2, 0) is 0 Å². The van der Waals surface area contributed by atoms with Crippen molar-refractivity contribution in [1.82, 2.24) is 5.32 Å². The highest BCUT2D eigenvalue weighted by Gasteiger charge is 2.26. The lowest BCUT2D eigenvalue weighted by atomic mass is 10.0. The van der Waals surface area contributed by atoms with Gasteiger partial charge in [0.2, 0.25) is 0 Å². The smallest absolute Gasteiger partial charge is 0.0451 e. The van der Waals surface area contributed by atoms with Crippen molar-refractivity contribution in [2.24, 2.45) is 0 Å². The molecule has 2 N–H and O–H groups in total. The molecule has 0 aromatic heterocycles. The first-order chi connectivity index (χ1) is 9.13. The Bertz CT molecular complexity index is 419. The quantitative estimate of drug-likeness (QED) is 0.877. The van der Waals surface area contributed by atoms with E-state index in [1.165, 1.54) is 16.8 Å². The van der Waals surface area contributed by atoms with Gasteiger partial charge in [-0.25, -0.2) is 0 Å². The minimum atomic E-state index is 0.250. The molecule has 1 aliphatic rings. The third-order valence-corrected chi connectivity index (χ3v) is 4.08. The van der Waals surface area contributed by atoms with E-state index in [1.807, 2.05) is 0 Å². The Kier molecular flexibility index (Phi) is 4.83. The van der Waals surface area contributed by atoms with Gasteiger partial charge in [0.05, 0.1) is 0 Å². The molecule has 1 aromatic rings. The van der Waals surface area contributed by atoms with Crippen LogP contribution in [0.1, 0.15) is 30.9 Å². The summed E-state index contributed by atoms with van der Waals surface area (Å²) >= 11 is 0. The zero-order valence-electron chi connectivity index (χ0n) is 12.3. The molecule has 0 aliphatic carbocycles. The van der Waals surface area contributed by atoms with Crippen LogP contribution >= 0.6 is 0 Å². The summed E-state index contributed by atoms with van der Waals surface area (Å²) < 4.78 is 0. The number of benzene rings is 1. The highest BCUT2D eigenvalue weighted by Crippen LogP contribution is 2.28. The maximum Gasteiger partial charge on any atom is 0.0451 e. The fourth-order valence-electron chi connectivity index (χ4n) is 3.10. The number of aryl methyl sites for hydroxylation is 2. The Morgan fingerprint density at radius 3 is 2.84 bits per heavy atom. The first-order valence-corrected chi connectivity index (χ1v) is 7.30. The van der Waals surface area contributed by atoms with Crippen LogP contribution in [0.3, 0.4) is 0 Å². The summed E-state index contributed by atoms with van der Waals surface area (Å²) in [6, 6.07) is 7.55. The second-order valence-electron chi connectivity index (χ2n) is 5.71. The SMILES string of the molecule is Cc1ccc(N2C(C)CCNCC2CCO)c(C)c1. The Morgan fingerprint density at radius 2 is 2.16 bits per heavy atom. The van der Waals surface area contributed by atoms with Gasteiger partial charge in [-0.3, -0.25) is 0 Å². The predicted octanol–water partition coefficient (Wildman–Crippen LogP) is 2.24. The van der Waals surface area contributed by atoms with E-state index in [0.717, 1.165) is 25.9 Å². The molecule has 0 bridgehead atoms. The first kappa shape index (κ1) is 14.4. The lowest BCUT2D eigenvalue weighted by molar-refractivity contribution is 0.271. The van der Waals surface area contributed by atoms with Gasteiger partial charge in [-0.1, -0.05) is 17.7 Å². The van der Waals surface area contributed by atoms with Crippen molar-refractivity contribution < 1.29 is 5.11 Å². The first-order valence-electron chi connectivity index (χ1n) is 7.30. The molecule has 106 valence electrons. The van der Waals surface area contributed by atoms with E-state index >= 15 is 0 Å². The van der Waals surface area contributed by atoms with Gasteiger partial charge in [0.25, 0.3) is 0 Å². The molecule has 0 saturated carbocycles. The van der Waals surface area contributed by atoms with E-state index < -0.39 is 0 Å². The van der Waals surface area contributed by atoms with Gasteiger partial charge in [-0.15, -0.1) is 0 Å². The van der Waals surface area contributed by atoms with Gasteiger partial charge in [-0.2, -0.15) is 0 Å². The lowest BCUT2D eigenvalue weighted by Crippen LogP contribution is -2.44. The molecular weight excluding hydrogens is 236 g/mol. The summed E-state index contributed by atoms with van der Waals surface area (Å²) in [6.07, 6.45) is 1.97. The summed E-state index contributed by atoms with van der Waals surface area (Å²) in [5, 5.41) is 12.8. The average molecular weight is 262 g/mol. The second kappa shape index (κ2) is 6.40. The van der Waals surface area contributed by atoms with Crippen molar-refractivity contribution in [1.29, 1.82) is 0 Å². The molecule has 3 heteroatoms. The molecule has 1 fully saturated rings. The van der Waals surface area contributed by atoms with E-state index in [9.17, 15) is 5.11 Å². The number of hydrogen-bond donors (Lipinski definition) is 2. The fraction of sp³-hybridized carbons (Fsp3) is 0.625. The van der Waals surface area contributed by atoms with Crippen molar-refractivity contribution in [3.63, 3.8) is 0 Å². The Labute approximate surface area is 116 Å². The summed E-state index contributed by atoms with van der Waals surface area (Å²) in [6.45, 7) is 8.87. The zero-order chi connectivity index (χ0) is 13.8. The fourth-order valence-corrected chi connectivity index (χ4v) is 3.10. The van der Waals surface area contributed by atoms with E-state index in [4.69, 9.17) is 0 Å². The minimum absolute atomic E-state index is 0.250. The van der Waals surface area contributed by atoms with Gasteiger partial charge >= 0.3 is 0 Å². The van der Waals surface area contributed by atoms with Gasteiger partial charge in [-0.05, 0) is 51.8 Å². The van der Waals surface area contributed by atoms with Gasteiger partial charge in [0, 0.05) is 30.9 Å². The molecule has 0 spiro atoms. The van der Waals surface area contributed by atoms with Crippen molar-refractivity contribution in [2.45, 2.75) is 45.7 Å². The maximum atomic E-state index is 9.32. The van der Waals surface area contributed by atoms with Gasteiger partial charge in [0.1, 0.15) is 0 Å². The number of aliphatic hydroxyl groups is 1. The van der Waals surface area contributed by atoms with Gasteiger partial charge in [0.15, 0.2) is 0 Å². The summed E-state index contributed by atoms with van der Waals surface area (Å²) in [4.78, 5) is 2.50. The Morgan fingerprint density at radius 1 is 1.37 bits per heavy atom. The monoisotopic (exact) mass is 262 g/mol. The van der Waals surface area contributed by atoms with Gasteiger partial charge < -0.3 is 15.3 Å². The molecule has 0 amide bonds. The molecule has 2 rings (SSSR count). The van der Waals surface area contributed by atoms with Crippen LogP contribution in [0.4, 0.5) is 5.69 Å². The van der Waals surface area contributed by atoms with Crippen LogP contribution in [0, 0.1) is 13.8 Å². The molecule has 0 radical (unpaired) electrons. The van der Waals surface area contributed by atoms with Crippen LogP contribution in [0.2, 0.25) is 0 Å². The van der Waals surface area contributed by atoms with Crippen LogP contribution in [0.25, 0.3) is 0 Å². The number of nitrogens with zero attached hydrogens (tertiary/aromatic N) is 1. The van der Waals surface area contributed by atoms with Crippen molar-refractivity contribution >= 4 is 5.69 Å². The normalized spacial score (nSPS) is 24.3. The van der Waals surface area contributed by atoms with Crippen molar-refractivity contribution in [2.75, 3.05) is 24.6 Å². The molecule has 1 aliphatic heterocycles. The van der Waals surface area contributed by atoms with E-state index in [2.05, 4.69) is 49.2 Å². The number of hydrogen-bond acceptors (Lipinski definition) is 3. The number of anilines is 1. The third kappa shape index (κ3) is 3.28. The highest BCUT2D eigenvalue weighted by molar-refractivity contribution is 5.56. The second-order valence-corrected chi connectivity index (χ2v) is 5.71. The third-order valence-electron chi connectivity index (χ3n) is 4.08. The molecule has 2 unspecified atom stereocenters. The predicted molar refractivity (Wildman–Crippen MR) is 80.8 cm³/mol. The molecular formula is C16H26N2O. The summed E-state index contributed by atoms with van der Waals surface area (Å²) in [7, 11) is 0. The zero-order valence-corrected chi connectivity index (χ0v) is 12.3. The van der Waals surface area contributed by atoms with Crippen LogP contribution in [-0.4, -0.2) is 36.9 Å². The van der Waals surface area contributed by atoms with Crippen LogP contribution in [0.15, 0.2) is 18.2 Å². The number of aliphatic hydroxyl groups excluding tert-OH is 1. The van der Waals surface area contributed by atoms with E-state index in [-0.39, 0.29) is 6.61 Å².